The lowest BCUT2D eigenvalue weighted by molar-refractivity contribution is -0.141. The van der Waals surface area contributed by atoms with Gasteiger partial charge in [-0.15, -0.1) is 0 Å². The Kier molecular flexibility index (Phi) is 5.50. The highest BCUT2D eigenvalue weighted by molar-refractivity contribution is 6.31. The summed E-state index contributed by atoms with van der Waals surface area (Å²) in [6, 6.07) is 11.4. The Balaban J connectivity index is 1.52. The molecular formula is C19H13Cl2F3N6O. The van der Waals surface area contributed by atoms with Gasteiger partial charge in [-0.05, 0) is 42.5 Å². The number of nitrogens with zero attached hydrogens (tertiary/aromatic N) is 3. The largest absolute Gasteiger partial charge is 0.435 e. The standard InChI is InChI=1S/C19H13Cl2F3N6O/c20-10-2-1-3-12(6-10)30-13(8-16(29-30)19(22,23)24)9-25-18(31)28-17-26-14-5-4-11(21)7-15(14)27-17/h1-8H,9H2,(H3,25,26,27,28,31). The van der Waals surface area contributed by atoms with Crippen LogP contribution < -0.4 is 10.6 Å². The number of fused-ring (bicyclic) bond motifs is 1. The van der Waals surface area contributed by atoms with Crippen LogP contribution in [-0.4, -0.2) is 25.8 Å². The molecule has 0 spiro atoms. The number of imidazole rings is 1. The van der Waals surface area contributed by atoms with Gasteiger partial charge in [-0.2, -0.15) is 18.3 Å². The second-order valence-corrected chi connectivity index (χ2v) is 7.34. The Hall–Kier alpha value is -3.24. The molecule has 0 bridgehead atoms. The van der Waals surface area contributed by atoms with Crippen molar-refractivity contribution >= 4 is 46.2 Å². The van der Waals surface area contributed by atoms with Gasteiger partial charge >= 0.3 is 12.2 Å². The molecule has 0 saturated heterocycles. The number of urea groups is 1. The Morgan fingerprint density at radius 1 is 1.10 bits per heavy atom. The number of carbonyl (C=O) groups is 1. The van der Waals surface area contributed by atoms with Crippen molar-refractivity contribution in [3.63, 3.8) is 0 Å². The van der Waals surface area contributed by atoms with E-state index in [1.165, 1.54) is 6.07 Å². The lowest BCUT2D eigenvalue weighted by Crippen LogP contribution is -2.29. The number of aromatic amines is 1. The number of halogens is 5. The number of benzene rings is 2. The predicted molar refractivity (Wildman–Crippen MR) is 111 cm³/mol. The zero-order valence-electron chi connectivity index (χ0n) is 15.5. The van der Waals surface area contributed by atoms with Crippen molar-refractivity contribution in [3.8, 4) is 5.69 Å². The molecule has 0 saturated carbocycles. The van der Waals surface area contributed by atoms with Gasteiger partial charge in [0.2, 0.25) is 5.95 Å². The van der Waals surface area contributed by atoms with Crippen LogP contribution in [0, 0.1) is 0 Å². The van der Waals surface area contributed by atoms with Gasteiger partial charge in [-0.25, -0.2) is 14.5 Å². The van der Waals surface area contributed by atoms with E-state index in [9.17, 15) is 18.0 Å². The number of nitrogens with one attached hydrogen (secondary N) is 3. The fraction of sp³-hybridized carbons (Fsp3) is 0.105. The predicted octanol–water partition coefficient (Wildman–Crippen LogP) is 5.40. The van der Waals surface area contributed by atoms with Crippen LogP contribution in [0.2, 0.25) is 10.0 Å². The van der Waals surface area contributed by atoms with Gasteiger partial charge in [-0.3, -0.25) is 5.32 Å². The average Bonchev–Trinajstić information content (AvgIpc) is 3.29. The van der Waals surface area contributed by atoms with Crippen LogP contribution in [0.1, 0.15) is 11.4 Å². The van der Waals surface area contributed by atoms with Gasteiger partial charge in [0.1, 0.15) is 0 Å². The highest BCUT2D eigenvalue weighted by Gasteiger charge is 2.35. The summed E-state index contributed by atoms with van der Waals surface area (Å²) in [7, 11) is 0. The lowest BCUT2D eigenvalue weighted by atomic mass is 10.3. The Morgan fingerprint density at radius 3 is 2.61 bits per heavy atom. The first kappa shape index (κ1) is 21.0. The first-order chi connectivity index (χ1) is 14.7. The normalized spacial score (nSPS) is 11.6. The lowest BCUT2D eigenvalue weighted by Gasteiger charge is -2.09. The Morgan fingerprint density at radius 2 is 1.87 bits per heavy atom. The van der Waals surface area contributed by atoms with E-state index in [1.54, 1.807) is 36.4 Å². The van der Waals surface area contributed by atoms with E-state index in [1.807, 2.05) is 0 Å². The van der Waals surface area contributed by atoms with E-state index in [-0.39, 0.29) is 18.2 Å². The number of amides is 2. The molecule has 0 aliphatic carbocycles. The molecule has 0 aliphatic heterocycles. The van der Waals surface area contributed by atoms with Gasteiger partial charge in [0.15, 0.2) is 5.69 Å². The van der Waals surface area contributed by atoms with E-state index in [2.05, 4.69) is 25.7 Å². The second kappa shape index (κ2) is 8.12. The maximum Gasteiger partial charge on any atom is 0.435 e. The van der Waals surface area contributed by atoms with Crippen LogP contribution in [0.5, 0.6) is 0 Å². The first-order valence-electron chi connectivity index (χ1n) is 8.81. The number of carbonyl (C=O) groups excluding carboxylic acids is 1. The van der Waals surface area contributed by atoms with E-state index < -0.39 is 17.9 Å². The van der Waals surface area contributed by atoms with E-state index in [0.29, 0.717) is 26.8 Å². The highest BCUT2D eigenvalue weighted by atomic mass is 35.5. The molecular weight excluding hydrogens is 456 g/mol. The van der Waals surface area contributed by atoms with Crippen LogP contribution in [-0.2, 0) is 12.7 Å². The molecule has 2 aromatic carbocycles. The summed E-state index contributed by atoms with van der Waals surface area (Å²) in [5.74, 6) is 0.161. The van der Waals surface area contributed by atoms with Crippen molar-refractivity contribution in [3.05, 3.63) is 70.0 Å². The summed E-state index contributed by atoms with van der Waals surface area (Å²) in [6.45, 7) is -0.229. The van der Waals surface area contributed by atoms with Crippen LogP contribution in [0.3, 0.4) is 0 Å². The van der Waals surface area contributed by atoms with Gasteiger partial charge in [0, 0.05) is 10.0 Å². The summed E-state index contributed by atoms with van der Waals surface area (Å²) in [5, 5.41) is 9.45. The van der Waals surface area contributed by atoms with Crippen molar-refractivity contribution in [1.82, 2.24) is 25.1 Å². The number of aromatic nitrogens is 4. The number of hydrogen-bond donors (Lipinski definition) is 3. The smallest absolute Gasteiger partial charge is 0.332 e. The van der Waals surface area contributed by atoms with Gasteiger partial charge in [0.05, 0.1) is 29.0 Å². The summed E-state index contributed by atoms with van der Waals surface area (Å²) in [5.41, 5.74) is 0.569. The van der Waals surface area contributed by atoms with Crippen molar-refractivity contribution in [2.75, 3.05) is 5.32 Å². The van der Waals surface area contributed by atoms with Crippen molar-refractivity contribution in [2.45, 2.75) is 12.7 Å². The summed E-state index contributed by atoms with van der Waals surface area (Å²) >= 11 is 11.9. The summed E-state index contributed by atoms with van der Waals surface area (Å²) in [6.07, 6.45) is -4.64. The molecule has 7 nitrogen and oxygen atoms in total. The fourth-order valence-corrected chi connectivity index (χ4v) is 3.24. The molecule has 0 radical (unpaired) electrons. The number of anilines is 1. The van der Waals surface area contributed by atoms with Gasteiger partial charge < -0.3 is 10.3 Å². The second-order valence-electron chi connectivity index (χ2n) is 6.46. The van der Waals surface area contributed by atoms with Crippen molar-refractivity contribution in [2.24, 2.45) is 0 Å². The molecule has 2 aromatic heterocycles. The van der Waals surface area contributed by atoms with Crippen molar-refractivity contribution in [1.29, 1.82) is 0 Å². The third kappa shape index (κ3) is 4.75. The average molecular weight is 469 g/mol. The van der Waals surface area contributed by atoms with E-state index >= 15 is 0 Å². The van der Waals surface area contributed by atoms with Crippen LogP contribution in [0.4, 0.5) is 23.9 Å². The zero-order chi connectivity index (χ0) is 22.2. The summed E-state index contributed by atoms with van der Waals surface area (Å²) < 4.78 is 40.6. The minimum Gasteiger partial charge on any atom is -0.332 e. The quantitative estimate of drug-likeness (QED) is 0.374. The molecule has 31 heavy (non-hydrogen) atoms. The van der Waals surface area contributed by atoms with Gasteiger partial charge in [-0.1, -0.05) is 29.3 Å². The molecule has 4 aromatic rings. The molecule has 12 heteroatoms. The zero-order valence-corrected chi connectivity index (χ0v) is 17.0. The topological polar surface area (TPSA) is 87.6 Å². The minimum absolute atomic E-state index is 0.112. The third-order valence-electron chi connectivity index (χ3n) is 4.23. The maximum atomic E-state index is 13.2. The Bertz CT molecular complexity index is 1270. The van der Waals surface area contributed by atoms with Gasteiger partial charge in [0.25, 0.3) is 0 Å². The molecule has 0 unspecified atom stereocenters. The molecule has 0 aliphatic rings. The Labute approximate surface area is 183 Å². The molecule has 4 rings (SSSR count). The minimum atomic E-state index is -4.64. The maximum absolute atomic E-state index is 13.2. The van der Waals surface area contributed by atoms with Crippen molar-refractivity contribution < 1.29 is 18.0 Å². The highest BCUT2D eigenvalue weighted by Crippen LogP contribution is 2.30. The number of H-pyrrole nitrogens is 1. The molecule has 2 amide bonds. The summed E-state index contributed by atoms with van der Waals surface area (Å²) in [4.78, 5) is 19.3. The third-order valence-corrected chi connectivity index (χ3v) is 4.70. The fourth-order valence-electron chi connectivity index (χ4n) is 2.88. The first-order valence-corrected chi connectivity index (χ1v) is 9.57. The van der Waals surface area contributed by atoms with Crippen LogP contribution >= 0.6 is 23.2 Å². The molecule has 2 heterocycles. The van der Waals surface area contributed by atoms with E-state index in [4.69, 9.17) is 23.2 Å². The van der Waals surface area contributed by atoms with Crippen LogP contribution in [0.25, 0.3) is 16.7 Å². The molecule has 160 valence electrons. The monoisotopic (exact) mass is 468 g/mol. The SMILES string of the molecule is O=C(NCc1cc(C(F)(F)F)nn1-c1cccc(Cl)c1)Nc1nc2ccc(Cl)cc2[nH]1. The van der Waals surface area contributed by atoms with Crippen LogP contribution in [0.15, 0.2) is 48.5 Å². The number of hydrogen-bond acceptors (Lipinski definition) is 3. The molecule has 3 N–H and O–H groups in total. The number of rotatable bonds is 4. The molecule has 0 atom stereocenters. The number of alkyl halides is 3. The van der Waals surface area contributed by atoms with E-state index in [0.717, 1.165) is 10.7 Å². The molecule has 0 fully saturated rings.